The molecule has 3 aromatic carbocycles. The van der Waals surface area contributed by atoms with E-state index < -0.39 is 28.5 Å². The molecular weight excluding hydrogens is 518 g/mol. The molecule has 39 heavy (non-hydrogen) atoms. The Morgan fingerprint density at radius 1 is 0.846 bits per heavy atom. The maximum absolute atomic E-state index is 13.7. The van der Waals surface area contributed by atoms with Crippen molar-refractivity contribution in [1.82, 2.24) is 14.5 Å². The van der Waals surface area contributed by atoms with Gasteiger partial charge in [0.2, 0.25) is 21.8 Å². The van der Waals surface area contributed by atoms with Crippen molar-refractivity contribution < 1.29 is 27.5 Å². The second kappa shape index (κ2) is 13.8. The molecule has 1 N–H and O–H groups in total. The molecule has 0 saturated carbocycles. The first-order valence-electron chi connectivity index (χ1n) is 12.4. The number of sulfonamides is 1. The van der Waals surface area contributed by atoms with Crippen molar-refractivity contribution in [3.63, 3.8) is 0 Å². The highest BCUT2D eigenvalue weighted by atomic mass is 32.2. The molecule has 1 unspecified atom stereocenters. The minimum absolute atomic E-state index is 0.0892. The second-order valence-corrected chi connectivity index (χ2v) is 11.2. The summed E-state index contributed by atoms with van der Waals surface area (Å²) >= 11 is 0. The van der Waals surface area contributed by atoms with Crippen molar-refractivity contribution in [3.8, 4) is 11.5 Å². The number of ether oxygens (including phenoxy) is 2. The summed E-state index contributed by atoms with van der Waals surface area (Å²) in [6.07, 6.45) is 1.62. The van der Waals surface area contributed by atoms with Gasteiger partial charge < -0.3 is 19.7 Å². The van der Waals surface area contributed by atoms with E-state index in [1.165, 1.54) is 11.9 Å². The van der Waals surface area contributed by atoms with E-state index in [4.69, 9.17) is 9.47 Å². The molecule has 0 aliphatic heterocycles. The van der Waals surface area contributed by atoms with E-state index in [0.717, 1.165) is 27.4 Å². The van der Waals surface area contributed by atoms with Gasteiger partial charge in [-0.3, -0.25) is 9.59 Å². The van der Waals surface area contributed by atoms with Crippen LogP contribution < -0.4 is 14.8 Å². The predicted octanol–water partition coefficient (Wildman–Crippen LogP) is 3.02. The number of benzene rings is 3. The number of likely N-dealkylation sites (N-methyl/N-ethyl adjacent to an activating group) is 1. The Labute approximate surface area is 230 Å². The van der Waals surface area contributed by atoms with Crippen LogP contribution in [-0.2, 0) is 32.6 Å². The number of hydrogen-bond acceptors (Lipinski definition) is 6. The molecule has 2 amide bonds. The van der Waals surface area contributed by atoms with Crippen molar-refractivity contribution >= 4 is 21.8 Å². The van der Waals surface area contributed by atoms with Gasteiger partial charge in [-0.15, -0.1) is 0 Å². The van der Waals surface area contributed by atoms with Crippen LogP contribution in [0.3, 0.4) is 0 Å². The van der Waals surface area contributed by atoms with Gasteiger partial charge in [0.15, 0.2) is 0 Å². The van der Waals surface area contributed by atoms with Gasteiger partial charge in [0.25, 0.3) is 0 Å². The van der Waals surface area contributed by atoms with Crippen molar-refractivity contribution in [2.24, 2.45) is 0 Å². The summed E-state index contributed by atoms with van der Waals surface area (Å²) in [4.78, 5) is 28.7. The Bertz CT molecular complexity index is 1330. The van der Waals surface area contributed by atoms with Gasteiger partial charge in [-0.2, -0.15) is 4.31 Å². The highest BCUT2D eigenvalue weighted by molar-refractivity contribution is 7.88. The van der Waals surface area contributed by atoms with Gasteiger partial charge in [-0.25, -0.2) is 8.42 Å². The molecule has 208 valence electrons. The van der Waals surface area contributed by atoms with Crippen LogP contribution in [0.2, 0.25) is 0 Å². The van der Waals surface area contributed by atoms with Crippen LogP contribution in [0, 0.1) is 0 Å². The average Bonchev–Trinajstić information content (AvgIpc) is 2.93. The molecule has 0 radical (unpaired) electrons. The summed E-state index contributed by atoms with van der Waals surface area (Å²) in [6, 6.07) is 22.7. The van der Waals surface area contributed by atoms with E-state index in [0.29, 0.717) is 24.3 Å². The van der Waals surface area contributed by atoms with E-state index in [2.05, 4.69) is 5.32 Å². The normalized spacial score (nSPS) is 12.0. The van der Waals surface area contributed by atoms with Crippen LogP contribution in [-0.4, -0.2) is 70.0 Å². The van der Waals surface area contributed by atoms with Crippen molar-refractivity contribution in [2.75, 3.05) is 40.6 Å². The summed E-state index contributed by atoms with van der Waals surface area (Å²) < 4.78 is 35.5. The minimum Gasteiger partial charge on any atom is -0.497 e. The monoisotopic (exact) mass is 553 g/mol. The van der Waals surface area contributed by atoms with Gasteiger partial charge in [0.05, 0.1) is 27.0 Å². The third-order valence-corrected chi connectivity index (χ3v) is 7.57. The molecule has 0 heterocycles. The van der Waals surface area contributed by atoms with Crippen molar-refractivity contribution in [2.45, 2.75) is 19.0 Å². The number of carbonyl (C=O) groups excluding carboxylic acids is 2. The van der Waals surface area contributed by atoms with Crippen LogP contribution in [0.15, 0.2) is 78.9 Å². The highest BCUT2D eigenvalue weighted by Gasteiger charge is 2.32. The molecule has 0 aromatic heterocycles. The number of amides is 2. The predicted molar refractivity (Wildman–Crippen MR) is 150 cm³/mol. The topological polar surface area (TPSA) is 105 Å². The first-order chi connectivity index (χ1) is 18.6. The summed E-state index contributed by atoms with van der Waals surface area (Å²) in [5.74, 6) is 0.541. The second-order valence-electron chi connectivity index (χ2n) is 9.09. The fraction of sp³-hybridized carbons (Fsp3) is 0.310. The molecule has 10 heteroatoms. The average molecular weight is 554 g/mol. The number of nitrogens with one attached hydrogen (secondary N) is 1. The molecule has 3 aromatic rings. The minimum atomic E-state index is -3.61. The smallest absolute Gasteiger partial charge is 0.247 e. The summed E-state index contributed by atoms with van der Waals surface area (Å²) in [7, 11) is 0.890. The zero-order chi connectivity index (χ0) is 28.4. The molecule has 0 spiro atoms. The lowest BCUT2D eigenvalue weighted by molar-refractivity contribution is -0.141. The van der Waals surface area contributed by atoms with Gasteiger partial charge in [0, 0.05) is 20.1 Å². The van der Waals surface area contributed by atoms with E-state index in [-0.39, 0.29) is 12.5 Å². The fourth-order valence-electron chi connectivity index (χ4n) is 3.98. The molecule has 3 rings (SSSR count). The highest BCUT2D eigenvalue weighted by Crippen LogP contribution is 2.25. The number of rotatable bonds is 13. The van der Waals surface area contributed by atoms with Crippen LogP contribution in [0.4, 0.5) is 0 Å². The standard InChI is InChI=1S/C29H35N3O6S/c1-31(39(4,35)36)21-27(33)32(20-23-12-16-26(38-3)17-13-23)28(24-8-6-5-7-9-24)29(34)30-19-18-22-10-14-25(37-2)15-11-22/h5-17,28H,18-21H2,1-4H3,(H,30,34). The first kappa shape index (κ1) is 29.7. The molecule has 1 atom stereocenters. The zero-order valence-corrected chi connectivity index (χ0v) is 23.5. The summed E-state index contributed by atoms with van der Waals surface area (Å²) in [6.45, 7) is 0.0334. The van der Waals surface area contributed by atoms with E-state index in [1.807, 2.05) is 42.5 Å². The number of carbonyl (C=O) groups is 2. The Kier molecular flexibility index (Phi) is 10.5. The van der Waals surface area contributed by atoms with Crippen LogP contribution in [0.25, 0.3) is 0 Å². The van der Waals surface area contributed by atoms with Gasteiger partial charge in [0.1, 0.15) is 17.5 Å². The molecule has 0 fully saturated rings. The van der Waals surface area contributed by atoms with E-state index >= 15 is 0 Å². The number of nitrogens with zero attached hydrogens (tertiary/aromatic N) is 2. The lowest BCUT2D eigenvalue weighted by atomic mass is 10.0. The lowest BCUT2D eigenvalue weighted by Crippen LogP contribution is -2.47. The largest absolute Gasteiger partial charge is 0.497 e. The van der Waals surface area contributed by atoms with Gasteiger partial charge >= 0.3 is 0 Å². The number of methoxy groups -OCH3 is 2. The van der Waals surface area contributed by atoms with Gasteiger partial charge in [-0.1, -0.05) is 54.6 Å². The van der Waals surface area contributed by atoms with Crippen LogP contribution >= 0.6 is 0 Å². The maximum atomic E-state index is 13.7. The zero-order valence-electron chi connectivity index (χ0n) is 22.7. The summed E-state index contributed by atoms with van der Waals surface area (Å²) in [5.41, 5.74) is 2.40. The fourth-order valence-corrected chi connectivity index (χ4v) is 4.32. The van der Waals surface area contributed by atoms with Crippen LogP contribution in [0.5, 0.6) is 11.5 Å². The summed E-state index contributed by atoms with van der Waals surface area (Å²) in [5, 5.41) is 2.97. The molecule has 0 aliphatic rings. The molecular formula is C29H35N3O6S. The van der Waals surface area contributed by atoms with E-state index in [1.54, 1.807) is 50.6 Å². The van der Waals surface area contributed by atoms with Gasteiger partial charge in [-0.05, 0) is 47.4 Å². The number of hydrogen-bond donors (Lipinski definition) is 1. The molecule has 0 bridgehead atoms. The van der Waals surface area contributed by atoms with Crippen molar-refractivity contribution in [3.05, 3.63) is 95.6 Å². The Hall–Kier alpha value is -3.89. The third-order valence-electron chi connectivity index (χ3n) is 6.30. The third kappa shape index (κ3) is 8.56. The Balaban J connectivity index is 1.89. The molecule has 0 aliphatic carbocycles. The first-order valence-corrected chi connectivity index (χ1v) is 14.3. The molecule has 9 nitrogen and oxygen atoms in total. The van der Waals surface area contributed by atoms with Crippen LogP contribution in [0.1, 0.15) is 22.7 Å². The maximum Gasteiger partial charge on any atom is 0.247 e. The van der Waals surface area contributed by atoms with Crippen molar-refractivity contribution in [1.29, 1.82) is 0 Å². The SMILES string of the molecule is COc1ccc(CCNC(=O)C(c2ccccc2)N(Cc2ccc(OC)cc2)C(=O)CN(C)S(C)(=O)=O)cc1. The molecule has 0 saturated heterocycles. The quantitative estimate of drug-likeness (QED) is 0.349. The Morgan fingerprint density at radius 2 is 1.38 bits per heavy atom. The lowest BCUT2D eigenvalue weighted by Gasteiger charge is -2.32. The van der Waals surface area contributed by atoms with E-state index in [9.17, 15) is 18.0 Å². The Morgan fingerprint density at radius 3 is 1.90 bits per heavy atom.